The highest BCUT2D eigenvalue weighted by Crippen LogP contribution is 2.24. The molecule has 0 amide bonds. The first-order valence-corrected chi connectivity index (χ1v) is 8.46. The van der Waals surface area contributed by atoms with Gasteiger partial charge in [0, 0.05) is 12.8 Å². The molecular formula is C20H28Cl2N6. The van der Waals surface area contributed by atoms with Gasteiger partial charge in [-0.3, -0.25) is 10.8 Å². The van der Waals surface area contributed by atoms with Crippen LogP contribution in [-0.4, -0.2) is 22.7 Å². The Morgan fingerprint density at radius 1 is 0.714 bits per heavy atom. The smallest absolute Gasteiger partial charge is 0.139 e. The minimum Gasteiger partial charge on any atom is -0.386 e. The van der Waals surface area contributed by atoms with Gasteiger partial charge in [0.1, 0.15) is 22.7 Å². The summed E-state index contributed by atoms with van der Waals surface area (Å²) in [5.74, 6) is -0.147. The van der Waals surface area contributed by atoms with E-state index in [1.165, 1.54) is 0 Å². The molecule has 6 N–H and O–H groups in total. The number of halogens is 2. The van der Waals surface area contributed by atoms with Crippen molar-refractivity contribution in [1.29, 1.82) is 10.8 Å². The van der Waals surface area contributed by atoms with E-state index in [0.29, 0.717) is 12.8 Å². The highest BCUT2D eigenvalue weighted by molar-refractivity contribution is 5.88. The zero-order chi connectivity index (χ0) is 19.2. The quantitative estimate of drug-likeness (QED) is 0.289. The fraction of sp³-hybridized carbons (Fsp3) is 0.300. The van der Waals surface area contributed by atoms with Crippen molar-refractivity contribution in [2.45, 2.75) is 37.8 Å². The number of amidine groups is 2. The van der Waals surface area contributed by atoms with Gasteiger partial charge < -0.3 is 11.5 Å². The van der Waals surface area contributed by atoms with Gasteiger partial charge >= 0.3 is 0 Å². The van der Waals surface area contributed by atoms with Crippen molar-refractivity contribution in [3.8, 4) is 0 Å². The molecule has 2 aromatic carbocycles. The van der Waals surface area contributed by atoms with Crippen LogP contribution in [0.4, 0.5) is 0 Å². The molecule has 0 saturated heterocycles. The van der Waals surface area contributed by atoms with Crippen LogP contribution in [0.2, 0.25) is 0 Å². The number of nitrogens with two attached hydrogens (primary N) is 2. The largest absolute Gasteiger partial charge is 0.386 e. The molecule has 0 aliphatic heterocycles. The topological polar surface area (TPSA) is 124 Å². The Balaban J connectivity index is 0.00000364. The third-order valence-corrected chi connectivity index (χ3v) is 4.43. The molecule has 8 heteroatoms. The van der Waals surface area contributed by atoms with Gasteiger partial charge in [-0.05, 0) is 25.0 Å². The highest BCUT2D eigenvalue weighted by atomic mass is 35.5. The Bertz CT molecular complexity index is 729. The SMILES string of the molecule is CC(Cc1ccccc1)(/N=N/C(C)(Cc1ccccc1)C(=N)N)C(=N)N.Cl.Cl. The van der Waals surface area contributed by atoms with E-state index in [4.69, 9.17) is 22.3 Å². The van der Waals surface area contributed by atoms with Crippen LogP contribution in [0.5, 0.6) is 0 Å². The first-order valence-electron chi connectivity index (χ1n) is 8.46. The second-order valence-corrected chi connectivity index (χ2v) is 6.90. The molecule has 0 bridgehead atoms. The summed E-state index contributed by atoms with van der Waals surface area (Å²) >= 11 is 0. The first-order chi connectivity index (χ1) is 12.3. The number of rotatable bonds is 8. The summed E-state index contributed by atoms with van der Waals surface area (Å²) in [6, 6.07) is 19.4. The van der Waals surface area contributed by atoms with Crippen molar-refractivity contribution in [2.75, 3.05) is 0 Å². The van der Waals surface area contributed by atoms with Crippen LogP contribution in [0.3, 0.4) is 0 Å². The lowest BCUT2D eigenvalue weighted by molar-refractivity contribution is 0.501. The van der Waals surface area contributed by atoms with Crippen molar-refractivity contribution in [3.63, 3.8) is 0 Å². The number of hydrogen-bond donors (Lipinski definition) is 4. The first kappa shape index (κ1) is 25.6. The fourth-order valence-corrected chi connectivity index (χ4v) is 2.58. The number of hydrogen-bond acceptors (Lipinski definition) is 4. The third kappa shape index (κ3) is 6.62. The second-order valence-electron chi connectivity index (χ2n) is 6.90. The van der Waals surface area contributed by atoms with Gasteiger partial charge in [-0.15, -0.1) is 24.8 Å². The van der Waals surface area contributed by atoms with Gasteiger partial charge in [-0.1, -0.05) is 60.7 Å². The van der Waals surface area contributed by atoms with E-state index in [9.17, 15) is 0 Å². The van der Waals surface area contributed by atoms with Crippen LogP contribution in [0.25, 0.3) is 0 Å². The van der Waals surface area contributed by atoms with E-state index in [2.05, 4.69) is 10.2 Å². The van der Waals surface area contributed by atoms with Gasteiger partial charge in [-0.25, -0.2) is 0 Å². The van der Waals surface area contributed by atoms with Gasteiger partial charge in [0.2, 0.25) is 0 Å². The van der Waals surface area contributed by atoms with Gasteiger partial charge in [0.15, 0.2) is 0 Å². The van der Waals surface area contributed by atoms with Crippen LogP contribution in [0, 0.1) is 10.8 Å². The van der Waals surface area contributed by atoms with Crippen LogP contribution in [0.15, 0.2) is 70.9 Å². The molecule has 2 unspecified atom stereocenters. The molecule has 0 fully saturated rings. The van der Waals surface area contributed by atoms with E-state index in [1.807, 2.05) is 60.7 Å². The summed E-state index contributed by atoms with van der Waals surface area (Å²) in [6.07, 6.45) is 0.901. The highest BCUT2D eigenvalue weighted by Gasteiger charge is 2.33. The number of benzene rings is 2. The van der Waals surface area contributed by atoms with Gasteiger partial charge in [0.25, 0.3) is 0 Å². The van der Waals surface area contributed by atoms with Crippen molar-refractivity contribution >= 4 is 36.5 Å². The summed E-state index contributed by atoms with van der Waals surface area (Å²) in [7, 11) is 0. The monoisotopic (exact) mass is 422 g/mol. The maximum Gasteiger partial charge on any atom is 0.139 e. The Kier molecular flexibility index (Phi) is 9.84. The van der Waals surface area contributed by atoms with Crippen molar-refractivity contribution in [1.82, 2.24) is 0 Å². The van der Waals surface area contributed by atoms with E-state index < -0.39 is 11.1 Å². The molecule has 0 aromatic heterocycles. The lowest BCUT2D eigenvalue weighted by atomic mass is 9.91. The lowest BCUT2D eigenvalue weighted by Gasteiger charge is -2.27. The predicted molar refractivity (Wildman–Crippen MR) is 120 cm³/mol. The fourth-order valence-electron chi connectivity index (χ4n) is 2.58. The maximum atomic E-state index is 7.97. The van der Waals surface area contributed by atoms with Crippen molar-refractivity contribution < 1.29 is 0 Å². The lowest BCUT2D eigenvalue weighted by Crippen LogP contribution is -2.44. The molecule has 2 aromatic rings. The van der Waals surface area contributed by atoms with E-state index in [1.54, 1.807) is 13.8 Å². The second kappa shape index (κ2) is 10.8. The third-order valence-electron chi connectivity index (χ3n) is 4.43. The Hall–Kier alpha value is -2.44. The van der Waals surface area contributed by atoms with Crippen LogP contribution in [-0.2, 0) is 12.8 Å². The molecule has 28 heavy (non-hydrogen) atoms. The van der Waals surface area contributed by atoms with Gasteiger partial charge in [-0.2, -0.15) is 10.2 Å². The number of nitrogens with zero attached hydrogens (tertiary/aromatic N) is 2. The summed E-state index contributed by atoms with van der Waals surface area (Å²) < 4.78 is 0. The predicted octanol–water partition coefficient (Wildman–Crippen LogP) is 4.16. The zero-order valence-corrected chi connectivity index (χ0v) is 17.7. The van der Waals surface area contributed by atoms with E-state index in [-0.39, 0.29) is 36.5 Å². The summed E-state index contributed by atoms with van der Waals surface area (Å²) in [4.78, 5) is 0. The minimum absolute atomic E-state index is 0. The normalized spacial score (nSPS) is 14.8. The Morgan fingerprint density at radius 3 is 1.25 bits per heavy atom. The van der Waals surface area contributed by atoms with Crippen molar-refractivity contribution in [3.05, 3.63) is 71.8 Å². The molecule has 0 saturated carbocycles. The average Bonchev–Trinajstić information content (AvgIpc) is 2.61. The van der Waals surface area contributed by atoms with Crippen molar-refractivity contribution in [2.24, 2.45) is 21.7 Å². The zero-order valence-electron chi connectivity index (χ0n) is 16.1. The molecule has 2 atom stereocenters. The van der Waals surface area contributed by atoms with Crippen LogP contribution in [0.1, 0.15) is 25.0 Å². The molecule has 0 spiro atoms. The average molecular weight is 423 g/mol. The molecule has 6 nitrogen and oxygen atoms in total. The van der Waals surface area contributed by atoms with E-state index in [0.717, 1.165) is 11.1 Å². The summed E-state index contributed by atoms with van der Waals surface area (Å²) in [5.41, 5.74) is 11.7. The Morgan fingerprint density at radius 2 is 1.00 bits per heavy atom. The molecule has 152 valence electrons. The van der Waals surface area contributed by atoms with Crippen LogP contribution < -0.4 is 11.5 Å². The molecule has 0 heterocycles. The van der Waals surface area contributed by atoms with Crippen LogP contribution >= 0.6 is 24.8 Å². The molecular weight excluding hydrogens is 395 g/mol. The maximum absolute atomic E-state index is 7.97. The van der Waals surface area contributed by atoms with E-state index >= 15 is 0 Å². The number of azo groups is 1. The minimum atomic E-state index is -0.991. The molecule has 0 radical (unpaired) electrons. The molecule has 2 rings (SSSR count). The van der Waals surface area contributed by atoms with Gasteiger partial charge in [0.05, 0.1) is 0 Å². The standard InChI is InChI=1S/C20H26N6.2ClH/c1-19(17(21)22,13-15-9-5-3-6-10-15)25-26-20(2,18(23)24)14-16-11-7-4-8-12-16;;/h3-12H,13-14H2,1-2H3,(H3,21,22)(H3,23,24);2*1H/b26-25+;;. The summed E-state index contributed by atoms with van der Waals surface area (Å²) in [6.45, 7) is 3.55. The summed E-state index contributed by atoms with van der Waals surface area (Å²) in [5, 5.41) is 24.7. The Labute approximate surface area is 178 Å². The molecule has 0 aliphatic carbocycles. The molecule has 0 aliphatic rings. The number of nitrogens with one attached hydrogen (secondary N) is 2.